The number of aliphatic hydroxyl groups excluding tert-OH is 1. The van der Waals surface area contributed by atoms with Crippen molar-refractivity contribution in [2.45, 2.75) is 70.2 Å². The van der Waals surface area contributed by atoms with Crippen LogP contribution in [0.4, 0.5) is 0 Å². The lowest BCUT2D eigenvalue weighted by Gasteiger charge is -2.35. The summed E-state index contributed by atoms with van der Waals surface area (Å²) in [6.07, 6.45) is 3.32. The minimum absolute atomic E-state index is 0.0955. The van der Waals surface area contributed by atoms with Crippen LogP contribution in [0.2, 0.25) is 0 Å². The predicted molar refractivity (Wildman–Crippen MR) is 104 cm³/mol. The maximum absolute atomic E-state index is 13.0. The van der Waals surface area contributed by atoms with Crippen LogP contribution in [-0.2, 0) is 20.9 Å². The third kappa shape index (κ3) is 4.53. The van der Waals surface area contributed by atoms with Crippen LogP contribution >= 0.6 is 0 Å². The van der Waals surface area contributed by atoms with E-state index in [0.717, 1.165) is 31.4 Å². The van der Waals surface area contributed by atoms with Crippen LogP contribution in [-0.4, -0.2) is 52.9 Å². The van der Waals surface area contributed by atoms with Gasteiger partial charge in [-0.3, -0.25) is 9.69 Å². The third-order valence-corrected chi connectivity index (χ3v) is 5.77. The van der Waals surface area contributed by atoms with E-state index < -0.39 is 11.1 Å². The van der Waals surface area contributed by atoms with Crippen molar-refractivity contribution in [2.24, 2.45) is 5.92 Å². The molecular formula is C22H33NO4. The van der Waals surface area contributed by atoms with Gasteiger partial charge in [0, 0.05) is 19.3 Å². The highest BCUT2D eigenvalue weighted by atomic mass is 16.6. The molecule has 0 bridgehead atoms. The van der Waals surface area contributed by atoms with E-state index >= 15 is 0 Å². The highest BCUT2D eigenvalue weighted by molar-refractivity contribution is 5.82. The van der Waals surface area contributed by atoms with Crippen LogP contribution in [0.25, 0.3) is 0 Å². The van der Waals surface area contributed by atoms with Crippen LogP contribution in [0.5, 0.6) is 0 Å². The van der Waals surface area contributed by atoms with Gasteiger partial charge in [0.25, 0.3) is 0 Å². The number of hydrogen-bond donors (Lipinski definition) is 1. The number of carbonyl (C=O) groups is 1. The van der Waals surface area contributed by atoms with E-state index in [4.69, 9.17) is 9.47 Å². The van der Waals surface area contributed by atoms with Gasteiger partial charge < -0.3 is 14.6 Å². The van der Waals surface area contributed by atoms with Crippen molar-refractivity contribution in [3.8, 4) is 0 Å². The normalized spacial score (nSPS) is 28.3. The van der Waals surface area contributed by atoms with Gasteiger partial charge in [-0.2, -0.15) is 0 Å². The van der Waals surface area contributed by atoms with Gasteiger partial charge in [-0.25, -0.2) is 0 Å². The van der Waals surface area contributed by atoms with Crippen LogP contribution < -0.4 is 0 Å². The quantitative estimate of drug-likeness (QED) is 0.586. The minimum Gasteiger partial charge on any atom is -0.459 e. The second kappa shape index (κ2) is 8.29. The van der Waals surface area contributed by atoms with Crippen molar-refractivity contribution in [2.75, 3.05) is 19.8 Å². The van der Waals surface area contributed by atoms with Gasteiger partial charge in [-0.05, 0) is 64.5 Å². The molecule has 2 fully saturated rings. The number of esters is 1. The molecule has 1 aromatic carbocycles. The van der Waals surface area contributed by atoms with Gasteiger partial charge in [0.05, 0.1) is 6.61 Å². The first-order chi connectivity index (χ1) is 12.9. The van der Waals surface area contributed by atoms with Crippen molar-refractivity contribution < 1.29 is 19.4 Å². The van der Waals surface area contributed by atoms with Crippen molar-refractivity contribution in [1.82, 2.24) is 4.90 Å². The highest BCUT2D eigenvalue weighted by Crippen LogP contribution is 2.47. The Morgan fingerprint density at radius 1 is 1.30 bits per heavy atom. The number of hydrogen-bond acceptors (Lipinski definition) is 5. The molecule has 0 aliphatic carbocycles. The van der Waals surface area contributed by atoms with Crippen molar-refractivity contribution in [3.05, 3.63) is 35.9 Å². The second-order valence-corrected chi connectivity index (χ2v) is 8.87. The summed E-state index contributed by atoms with van der Waals surface area (Å²) >= 11 is 0. The SMILES string of the molecule is CC(C)(C)OC(=O)[C@@]12CCCN1[C@H](CCOCc1ccccc1)[C@H](CO)C2. The zero-order chi connectivity index (χ0) is 19.5. The lowest BCUT2D eigenvalue weighted by Crippen LogP contribution is -2.51. The van der Waals surface area contributed by atoms with Crippen molar-refractivity contribution >= 4 is 5.97 Å². The number of fused-ring (bicyclic) bond motifs is 1. The standard InChI is InChI=1S/C22H33NO4/c1-21(2,3)27-20(25)22-11-7-12-23(22)19(18(14-22)15-24)10-13-26-16-17-8-5-4-6-9-17/h4-6,8-9,18-19,24H,7,10-16H2,1-3H3/t18-,19+,22-/m0/s1. The number of nitrogens with zero attached hydrogens (tertiary/aromatic N) is 1. The number of rotatable bonds is 7. The Morgan fingerprint density at radius 2 is 2.04 bits per heavy atom. The van der Waals surface area contributed by atoms with E-state index in [1.807, 2.05) is 39.0 Å². The summed E-state index contributed by atoms with van der Waals surface area (Å²) in [4.78, 5) is 15.3. The summed E-state index contributed by atoms with van der Waals surface area (Å²) < 4.78 is 11.6. The molecule has 27 heavy (non-hydrogen) atoms. The molecule has 1 aromatic rings. The summed E-state index contributed by atoms with van der Waals surface area (Å²) in [5.41, 5.74) is 0.100. The zero-order valence-corrected chi connectivity index (χ0v) is 16.8. The molecule has 3 atom stereocenters. The second-order valence-electron chi connectivity index (χ2n) is 8.87. The van der Waals surface area contributed by atoms with Gasteiger partial charge in [-0.1, -0.05) is 30.3 Å². The smallest absolute Gasteiger partial charge is 0.327 e. The number of benzene rings is 1. The average molecular weight is 376 g/mol. The van der Waals surface area contributed by atoms with Crippen LogP contribution in [0.3, 0.4) is 0 Å². The molecule has 0 saturated carbocycles. The largest absolute Gasteiger partial charge is 0.459 e. The van der Waals surface area contributed by atoms with Crippen molar-refractivity contribution in [1.29, 1.82) is 0 Å². The average Bonchev–Trinajstić information content (AvgIpc) is 3.16. The van der Waals surface area contributed by atoms with E-state index in [0.29, 0.717) is 19.6 Å². The Balaban J connectivity index is 1.62. The Hall–Kier alpha value is -1.43. The lowest BCUT2D eigenvalue weighted by molar-refractivity contribution is -0.167. The number of ether oxygens (including phenoxy) is 2. The molecule has 0 unspecified atom stereocenters. The van der Waals surface area contributed by atoms with E-state index in [1.54, 1.807) is 0 Å². The first-order valence-corrected chi connectivity index (χ1v) is 10.1. The maximum Gasteiger partial charge on any atom is 0.327 e. The van der Waals surface area contributed by atoms with Gasteiger partial charge in [0.2, 0.25) is 0 Å². The fourth-order valence-electron chi connectivity index (χ4n) is 4.65. The molecular weight excluding hydrogens is 342 g/mol. The molecule has 2 aliphatic heterocycles. The van der Waals surface area contributed by atoms with Crippen molar-refractivity contribution in [3.63, 3.8) is 0 Å². The summed E-state index contributed by atoms with van der Waals surface area (Å²) in [6.45, 7) is 7.94. The minimum atomic E-state index is -0.565. The molecule has 2 aliphatic rings. The molecule has 5 nitrogen and oxygen atoms in total. The zero-order valence-electron chi connectivity index (χ0n) is 16.8. The number of aliphatic hydroxyl groups is 1. The van der Waals surface area contributed by atoms with Crippen LogP contribution in [0, 0.1) is 5.92 Å². The van der Waals surface area contributed by atoms with E-state index in [-0.39, 0.29) is 24.5 Å². The van der Waals surface area contributed by atoms with E-state index in [2.05, 4.69) is 17.0 Å². The summed E-state index contributed by atoms with van der Waals surface area (Å²) in [6, 6.07) is 10.3. The Bertz CT molecular complexity index is 627. The molecule has 0 radical (unpaired) electrons. The first-order valence-electron chi connectivity index (χ1n) is 10.1. The van der Waals surface area contributed by atoms with E-state index in [1.165, 1.54) is 0 Å². The maximum atomic E-state index is 13.0. The summed E-state index contributed by atoms with van der Waals surface area (Å²) in [7, 11) is 0. The van der Waals surface area contributed by atoms with Gasteiger partial charge in [-0.15, -0.1) is 0 Å². The Kier molecular flexibility index (Phi) is 6.24. The molecule has 2 saturated heterocycles. The number of carbonyl (C=O) groups excluding carboxylic acids is 1. The monoisotopic (exact) mass is 375 g/mol. The molecule has 150 valence electrons. The fourth-order valence-corrected chi connectivity index (χ4v) is 4.65. The molecule has 0 amide bonds. The first kappa shape index (κ1) is 20.3. The molecule has 5 heteroatoms. The van der Waals surface area contributed by atoms with Gasteiger partial charge in [0.1, 0.15) is 11.1 Å². The Labute approximate surface area is 162 Å². The molecule has 3 rings (SSSR count). The molecule has 0 spiro atoms. The van der Waals surface area contributed by atoms with Crippen LogP contribution in [0.15, 0.2) is 30.3 Å². The topological polar surface area (TPSA) is 59.0 Å². The summed E-state index contributed by atoms with van der Waals surface area (Å²) in [5.74, 6) is -0.0307. The predicted octanol–water partition coefficient (Wildman–Crippen LogP) is 3.15. The molecule has 1 N–H and O–H groups in total. The van der Waals surface area contributed by atoms with Gasteiger partial charge >= 0.3 is 5.97 Å². The van der Waals surface area contributed by atoms with E-state index in [9.17, 15) is 9.90 Å². The van der Waals surface area contributed by atoms with Gasteiger partial charge in [0.15, 0.2) is 0 Å². The lowest BCUT2D eigenvalue weighted by atomic mass is 9.88. The molecule has 0 aromatic heterocycles. The molecule has 2 heterocycles. The Morgan fingerprint density at radius 3 is 2.70 bits per heavy atom. The fraction of sp³-hybridized carbons (Fsp3) is 0.682. The summed E-state index contributed by atoms with van der Waals surface area (Å²) in [5, 5.41) is 9.94. The highest BCUT2D eigenvalue weighted by Gasteiger charge is 2.59. The third-order valence-electron chi connectivity index (χ3n) is 5.77. The van der Waals surface area contributed by atoms with Crippen LogP contribution in [0.1, 0.15) is 52.0 Å².